The average Bonchev–Trinajstić information content (AvgIpc) is 2.66. The highest BCUT2D eigenvalue weighted by atomic mass is 35.5. The first kappa shape index (κ1) is 22.5. The van der Waals surface area contributed by atoms with Crippen LogP contribution in [0.1, 0.15) is 18.9 Å². The number of esters is 1. The SMILES string of the molecule is CCOC(=O)[C@H](CO)C[C@H](CB(C)O)Cc1ccc(-c2cccc(Cl)c2)cc1. The van der Waals surface area contributed by atoms with E-state index in [0.29, 0.717) is 24.4 Å². The monoisotopic (exact) mass is 402 g/mol. The van der Waals surface area contributed by atoms with E-state index in [-0.39, 0.29) is 18.5 Å². The van der Waals surface area contributed by atoms with Crippen molar-refractivity contribution in [1.29, 1.82) is 0 Å². The number of hydrogen-bond donors (Lipinski definition) is 2. The molecule has 2 atom stereocenters. The van der Waals surface area contributed by atoms with Gasteiger partial charge < -0.3 is 14.9 Å². The lowest BCUT2D eigenvalue weighted by Gasteiger charge is -2.22. The van der Waals surface area contributed by atoms with Gasteiger partial charge in [0.05, 0.1) is 19.1 Å². The van der Waals surface area contributed by atoms with Crippen LogP contribution >= 0.6 is 11.6 Å². The van der Waals surface area contributed by atoms with Crippen LogP contribution in [0.3, 0.4) is 0 Å². The number of hydrogen-bond acceptors (Lipinski definition) is 4. The van der Waals surface area contributed by atoms with Crippen molar-refractivity contribution in [3.05, 3.63) is 59.1 Å². The molecule has 0 spiro atoms. The predicted octanol–water partition coefficient (Wildman–Crippen LogP) is 4.34. The molecule has 0 saturated heterocycles. The maximum absolute atomic E-state index is 12.0. The smallest absolute Gasteiger partial charge is 0.311 e. The highest BCUT2D eigenvalue weighted by Gasteiger charge is 2.25. The molecule has 0 radical (unpaired) electrons. The second-order valence-corrected chi connectivity index (χ2v) is 7.67. The van der Waals surface area contributed by atoms with Gasteiger partial charge >= 0.3 is 5.97 Å². The molecule has 2 N–H and O–H groups in total. The number of carbonyl (C=O) groups is 1. The van der Waals surface area contributed by atoms with Crippen LogP contribution in [0.4, 0.5) is 0 Å². The Morgan fingerprint density at radius 1 is 1.18 bits per heavy atom. The Morgan fingerprint density at radius 3 is 2.46 bits per heavy atom. The van der Waals surface area contributed by atoms with E-state index in [1.807, 2.05) is 24.3 Å². The molecule has 4 nitrogen and oxygen atoms in total. The number of rotatable bonds is 10. The fraction of sp³-hybridized carbons (Fsp3) is 0.409. The molecule has 0 aliphatic carbocycles. The number of aliphatic hydroxyl groups is 1. The van der Waals surface area contributed by atoms with E-state index in [9.17, 15) is 14.9 Å². The van der Waals surface area contributed by atoms with Gasteiger partial charge in [0.25, 0.3) is 6.92 Å². The minimum Gasteiger partial charge on any atom is -0.466 e. The molecule has 28 heavy (non-hydrogen) atoms. The summed E-state index contributed by atoms with van der Waals surface area (Å²) in [6.45, 7) is 3.07. The number of benzene rings is 2. The van der Waals surface area contributed by atoms with Crippen molar-refractivity contribution in [2.45, 2.75) is 32.9 Å². The van der Waals surface area contributed by atoms with Crippen LogP contribution in [0.5, 0.6) is 0 Å². The summed E-state index contributed by atoms with van der Waals surface area (Å²) in [5, 5.41) is 20.1. The topological polar surface area (TPSA) is 66.8 Å². The van der Waals surface area contributed by atoms with Crippen molar-refractivity contribution in [2.24, 2.45) is 11.8 Å². The lowest BCUT2D eigenvalue weighted by atomic mass is 9.62. The Bertz CT molecular complexity index is 748. The van der Waals surface area contributed by atoms with Crippen molar-refractivity contribution in [3.63, 3.8) is 0 Å². The second kappa shape index (κ2) is 11.3. The van der Waals surface area contributed by atoms with Crippen LogP contribution in [0.25, 0.3) is 11.1 Å². The minimum absolute atomic E-state index is 0.0681. The van der Waals surface area contributed by atoms with E-state index in [4.69, 9.17) is 16.3 Å². The van der Waals surface area contributed by atoms with Gasteiger partial charge in [-0.15, -0.1) is 0 Å². The zero-order valence-corrected chi connectivity index (χ0v) is 17.2. The third-order valence-corrected chi connectivity index (χ3v) is 5.00. The Labute approximate surface area is 172 Å². The maximum atomic E-state index is 12.0. The molecular weight excluding hydrogens is 375 g/mol. The van der Waals surface area contributed by atoms with Crippen molar-refractivity contribution >= 4 is 24.5 Å². The normalized spacial score (nSPS) is 13.0. The van der Waals surface area contributed by atoms with Gasteiger partial charge in [0.2, 0.25) is 0 Å². The van der Waals surface area contributed by atoms with Gasteiger partial charge in [0.1, 0.15) is 0 Å². The predicted molar refractivity (Wildman–Crippen MR) is 115 cm³/mol. The Morgan fingerprint density at radius 2 is 1.89 bits per heavy atom. The van der Waals surface area contributed by atoms with Crippen molar-refractivity contribution in [3.8, 4) is 11.1 Å². The van der Waals surface area contributed by atoms with Gasteiger partial charge in [-0.2, -0.15) is 0 Å². The molecule has 0 saturated carbocycles. The summed E-state index contributed by atoms with van der Waals surface area (Å²) < 4.78 is 5.05. The van der Waals surface area contributed by atoms with E-state index >= 15 is 0 Å². The quantitative estimate of drug-likeness (QED) is 0.458. The summed E-state index contributed by atoms with van der Waals surface area (Å²) in [5.74, 6) is -0.870. The standard InChI is InChI=1S/C22H28BClO4/c1-3-28-22(26)20(15-25)12-17(14-23(2)27)11-16-7-9-18(10-8-16)19-5-4-6-21(24)13-19/h4-10,13,17,20,25,27H,3,11-12,14-15H2,1-2H3/t17-,20+/m1/s1. The van der Waals surface area contributed by atoms with E-state index in [1.165, 1.54) is 0 Å². The Hall–Kier alpha value is -1.82. The van der Waals surface area contributed by atoms with E-state index < -0.39 is 12.8 Å². The first-order valence-electron chi connectivity index (χ1n) is 9.73. The van der Waals surface area contributed by atoms with Crippen LogP contribution in [0.2, 0.25) is 18.2 Å². The third kappa shape index (κ3) is 6.97. The number of ether oxygens (including phenoxy) is 1. The van der Waals surface area contributed by atoms with E-state index in [2.05, 4.69) is 24.3 Å². The summed E-state index contributed by atoms with van der Waals surface area (Å²) in [4.78, 5) is 12.0. The zero-order valence-electron chi connectivity index (χ0n) is 16.5. The molecule has 2 aromatic carbocycles. The number of carbonyl (C=O) groups excluding carboxylic acids is 1. The third-order valence-electron chi connectivity index (χ3n) is 4.77. The van der Waals surface area contributed by atoms with Crippen LogP contribution < -0.4 is 0 Å². The summed E-state index contributed by atoms with van der Waals surface area (Å²) in [6, 6.07) is 15.9. The summed E-state index contributed by atoms with van der Waals surface area (Å²) in [5.41, 5.74) is 3.26. The van der Waals surface area contributed by atoms with Crippen LogP contribution in [0, 0.1) is 11.8 Å². The Kier molecular flexibility index (Phi) is 9.03. The molecule has 0 heterocycles. The van der Waals surface area contributed by atoms with Crippen LogP contribution in [0.15, 0.2) is 48.5 Å². The first-order valence-corrected chi connectivity index (χ1v) is 10.1. The fourth-order valence-electron chi connectivity index (χ4n) is 3.49. The molecule has 0 fully saturated rings. The Balaban J connectivity index is 2.10. The van der Waals surface area contributed by atoms with Crippen molar-refractivity contribution in [1.82, 2.24) is 0 Å². The minimum atomic E-state index is -0.561. The molecule has 0 aliphatic rings. The molecule has 0 unspecified atom stereocenters. The molecule has 2 aromatic rings. The molecule has 0 aliphatic heterocycles. The summed E-state index contributed by atoms with van der Waals surface area (Å²) in [7, 11) is 0. The van der Waals surface area contributed by atoms with Gasteiger partial charge in [0, 0.05) is 5.02 Å². The summed E-state index contributed by atoms with van der Waals surface area (Å²) >= 11 is 6.07. The number of halogens is 1. The molecule has 6 heteroatoms. The second-order valence-electron chi connectivity index (χ2n) is 7.23. The highest BCUT2D eigenvalue weighted by Crippen LogP contribution is 2.26. The van der Waals surface area contributed by atoms with Crippen molar-refractivity contribution < 1.29 is 19.7 Å². The molecule has 150 valence electrons. The van der Waals surface area contributed by atoms with Crippen LogP contribution in [-0.4, -0.2) is 36.2 Å². The first-order chi connectivity index (χ1) is 13.4. The largest absolute Gasteiger partial charge is 0.466 e. The summed E-state index contributed by atoms with van der Waals surface area (Å²) in [6.07, 6.45) is 1.76. The van der Waals surface area contributed by atoms with E-state index in [1.54, 1.807) is 13.7 Å². The van der Waals surface area contributed by atoms with Gasteiger partial charge in [-0.1, -0.05) is 54.8 Å². The van der Waals surface area contributed by atoms with Gasteiger partial charge in [-0.25, -0.2) is 0 Å². The van der Waals surface area contributed by atoms with E-state index in [0.717, 1.165) is 23.1 Å². The maximum Gasteiger partial charge on any atom is 0.311 e. The molecule has 0 bridgehead atoms. The molecular formula is C22H28BClO4. The van der Waals surface area contributed by atoms with Gasteiger partial charge in [0.15, 0.2) is 0 Å². The molecule has 0 aromatic heterocycles. The average molecular weight is 403 g/mol. The van der Waals surface area contributed by atoms with Crippen molar-refractivity contribution in [2.75, 3.05) is 13.2 Å². The zero-order chi connectivity index (χ0) is 20.5. The molecule has 2 rings (SSSR count). The number of aliphatic hydroxyl groups excluding tert-OH is 1. The lowest BCUT2D eigenvalue weighted by Crippen LogP contribution is -2.26. The fourth-order valence-corrected chi connectivity index (χ4v) is 3.68. The van der Waals surface area contributed by atoms with Gasteiger partial charge in [-0.05, 0) is 60.8 Å². The molecule has 0 amide bonds. The lowest BCUT2D eigenvalue weighted by molar-refractivity contribution is -0.150. The van der Waals surface area contributed by atoms with Crippen LogP contribution in [-0.2, 0) is 16.0 Å². The van der Waals surface area contributed by atoms with Gasteiger partial charge in [-0.3, -0.25) is 4.79 Å². The highest BCUT2D eigenvalue weighted by molar-refractivity contribution is 6.48.